The number of thiazole rings is 1. The van der Waals surface area contributed by atoms with Crippen LogP contribution in [0.2, 0.25) is 0 Å². The van der Waals surface area contributed by atoms with Crippen LogP contribution in [0, 0.1) is 0 Å². The van der Waals surface area contributed by atoms with Gasteiger partial charge in [0.05, 0.1) is 40.3 Å². The van der Waals surface area contributed by atoms with E-state index in [4.69, 9.17) is 9.72 Å². The fourth-order valence-electron chi connectivity index (χ4n) is 4.90. The van der Waals surface area contributed by atoms with Gasteiger partial charge in [-0.05, 0) is 55.0 Å². The lowest BCUT2D eigenvalue weighted by Crippen LogP contribution is -2.19. The second-order valence-electron chi connectivity index (χ2n) is 8.74. The number of rotatable bonds is 6. The number of hydrogen-bond donors (Lipinski definition) is 2. The standard InChI is InChI=1S/C25H24N4O3S/c30-24(31)17-7-8-20-21(12-17)29(14-19-6-3-9-32-19)23(28-20)22-13-26-25(33-22)27-18-10-15-4-1-2-5-16(15)11-18/h1-2,4-5,7-8,12-13,18-19H,3,6,9-11,14H2,(H,26,27)(H,30,31)/t19-/m0/s1. The molecule has 1 saturated heterocycles. The highest BCUT2D eigenvalue weighted by molar-refractivity contribution is 7.18. The van der Waals surface area contributed by atoms with Gasteiger partial charge in [-0.3, -0.25) is 0 Å². The number of carboxylic acid groups (broad SMARTS) is 1. The van der Waals surface area contributed by atoms with Gasteiger partial charge in [0.2, 0.25) is 0 Å². The van der Waals surface area contributed by atoms with Gasteiger partial charge in [0.1, 0.15) is 0 Å². The minimum Gasteiger partial charge on any atom is -0.478 e. The maximum atomic E-state index is 11.6. The van der Waals surface area contributed by atoms with Crippen LogP contribution < -0.4 is 5.32 Å². The zero-order valence-electron chi connectivity index (χ0n) is 18.0. The maximum Gasteiger partial charge on any atom is 0.335 e. The summed E-state index contributed by atoms with van der Waals surface area (Å²) in [5.41, 5.74) is 4.66. The molecule has 2 aromatic heterocycles. The van der Waals surface area contributed by atoms with Gasteiger partial charge in [0, 0.05) is 12.6 Å². The quantitative estimate of drug-likeness (QED) is 0.437. The Morgan fingerprint density at radius 3 is 2.76 bits per heavy atom. The second-order valence-corrected chi connectivity index (χ2v) is 9.77. The van der Waals surface area contributed by atoms with Crippen LogP contribution in [0.3, 0.4) is 0 Å². The number of anilines is 1. The van der Waals surface area contributed by atoms with Crippen LogP contribution >= 0.6 is 11.3 Å². The minimum atomic E-state index is -0.940. The van der Waals surface area contributed by atoms with E-state index in [2.05, 4.69) is 39.1 Å². The first kappa shape index (κ1) is 20.4. The number of hydrogen-bond acceptors (Lipinski definition) is 6. The van der Waals surface area contributed by atoms with Crippen LogP contribution in [0.4, 0.5) is 5.13 Å². The molecule has 7 nitrogen and oxygen atoms in total. The average Bonchev–Trinajstić information content (AvgIpc) is 3.60. The van der Waals surface area contributed by atoms with E-state index in [1.165, 1.54) is 11.1 Å². The Kier molecular flexibility index (Phi) is 5.11. The summed E-state index contributed by atoms with van der Waals surface area (Å²) in [4.78, 5) is 22.0. The zero-order chi connectivity index (χ0) is 22.4. The van der Waals surface area contributed by atoms with Gasteiger partial charge in [-0.25, -0.2) is 14.8 Å². The molecule has 33 heavy (non-hydrogen) atoms. The Morgan fingerprint density at radius 1 is 1.21 bits per heavy atom. The van der Waals surface area contributed by atoms with Crippen molar-refractivity contribution >= 4 is 33.5 Å². The number of nitrogens with zero attached hydrogens (tertiary/aromatic N) is 3. The highest BCUT2D eigenvalue weighted by atomic mass is 32.1. The average molecular weight is 461 g/mol. The van der Waals surface area contributed by atoms with E-state index in [0.717, 1.165) is 59.2 Å². The van der Waals surface area contributed by atoms with Gasteiger partial charge in [-0.2, -0.15) is 0 Å². The number of ether oxygens (including phenoxy) is 1. The monoisotopic (exact) mass is 460 g/mol. The third-order valence-corrected chi connectivity index (χ3v) is 7.43. The Labute approximate surface area is 195 Å². The fourth-order valence-corrected chi connectivity index (χ4v) is 5.79. The number of carbonyl (C=O) groups is 1. The highest BCUT2D eigenvalue weighted by Crippen LogP contribution is 2.34. The third kappa shape index (κ3) is 3.89. The summed E-state index contributed by atoms with van der Waals surface area (Å²) >= 11 is 1.59. The van der Waals surface area contributed by atoms with E-state index >= 15 is 0 Å². The lowest BCUT2D eigenvalue weighted by atomic mass is 10.1. The number of imidazole rings is 1. The van der Waals surface area contributed by atoms with Crippen LogP contribution in [-0.2, 0) is 24.1 Å². The summed E-state index contributed by atoms with van der Waals surface area (Å²) < 4.78 is 7.98. The molecule has 1 atom stereocenters. The number of carboxylic acids is 1. The van der Waals surface area contributed by atoms with Crippen molar-refractivity contribution in [3.8, 4) is 10.7 Å². The molecule has 2 N–H and O–H groups in total. The topological polar surface area (TPSA) is 89.3 Å². The van der Waals surface area contributed by atoms with E-state index in [1.807, 2.05) is 6.20 Å². The maximum absolute atomic E-state index is 11.6. The normalized spacial score (nSPS) is 18.1. The molecule has 0 radical (unpaired) electrons. The number of nitrogens with one attached hydrogen (secondary N) is 1. The van der Waals surface area contributed by atoms with Gasteiger partial charge < -0.3 is 19.7 Å². The number of aromatic carboxylic acids is 1. The minimum absolute atomic E-state index is 0.108. The van der Waals surface area contributed by atoms with Crippen molar-refractivity contribution in [2.24, 2.45) is 0 Å². The molecule has 3 heterocycles. The molecule has 1 aliphatic heterocycles. The molecule has 1 fully saturated rings. The van der Waals surface area contributed by atoms with Gasteiger partial charge in [0.15, 0.2) is 11.0 Å². The summed E-state index contributed by atoms with van der Waals surface area (Å²) in [7, 11) is 0. The molecular weight excluding hydrogens is 436 g/mol. The number of benzene rings is 2. The third-order valence-electron chi connectivity index (χ3n) is 6.51. The molecule has 0 unspecified atom stereocenters. The molecule has 0 bridgehead atoms. The molecule has 6 rings (SSSR count). The molecule has 0 saturated carbocycles. The smallest absolute Gasteiger partial charge is 0.335 e. The van der Waals surface area contributed by atoms with Gasteiger partial charge in [0.25, 0.3) is 0 Å². The van der Waals surface area contributed by atoms with Crippen molar-refractivity contribution in [1.82, 2.24) is 14.5 Å². The second kappa shape index (κ2) is 8.28. The van der Waals surface area contributed by atoms with Crippen molar-refractivity contribution in [3.05, 3.63) is 65.4 Å². The van der Waals surface area contributed by atoms with E-state index in [-0.39, 0.29) is 11.7 Å². The van der Waals surface area contributed by atoms with E-state index < -0.39 is 5.97 Å². The molecule has 2 aliphatic rings. The van der Waals surface area contributed by atoms with Crippen molar-refractivity contribution in [2.45, 2.75) is 44.4 Å². The predicted molar refractivity (Wildman–Crippen MR) is 128 cm³/mol. The SMILES string of the molecule is O=C(O)c1ccc2nc(-c3cnc(NC4Cc5ccccc5C4)s3)n(C[C@@H]3CCCO3)c2c1. The molecule has 2 aromatic carbocycles. The Balaban J connectivity index is 1.31. The van der Waals surface area contributed by atoms with Crippen molar-refractivity contribution < 1.29 is 14.6 Å². The predicted octanol–water partition coefficient (Wildman–Crippen LogP) is 4.62. The fraction of sp³-hybridized carbons (Fsp3) is 0.320. The summed E-state index contributed by atoms with van der Waals surface area (Å²) in [5.74, 6) is -0.131. The summed E-state index contributed by atoms with van der Waals surface area (Å²) in [6.45, 7) is 1.42. The molecule has 4 aromatic rings. The van der Waals surface area contributed by atoms with Crippen molar-refractivity contribution in [2.75, 3.05) is 11.9 Å². The molecular formula is C25H24N4O3S. The van der Waals surface area contributed by atoms with Crippen LogP contribution in [0.5, 0.6) is 0 Å². The molecule has 1 aliphatic carbocycles. The first-order valence-electron chi connectivity index (χ1n) is 11.3. The van der Waals surface area contributed by atoms with Crippen LogP contribution in [0.25, 0.3) is 21.7 Å². The van der Waals surface area contributed by atoms with Gasteiger partial charge in [-0.15, -0.1) is 0 Å². The molecule has 168 valence electrons. The Morgan fingerprint density at radius 2 is 2.03 bits per heavy atom. The van der Waals surface area contributed by atoms with E-state index in [1.54, 1.807) is 29.5 Å². The lowest BCUT2D eigenvalue weighted by molar-refractivity contribution is 0.0697. The molecule has 8 heteroatoms. The van der Waals surface area contributed by atoms with Crippen molar-refractivity contribution in [1.29, 1.82) is 0 Å². The van der Waals surface area contributed by atoms with E-state index in [9.17, 15) is 9.90 Å². The van der Waals surface area contributed by atoms with Gasteiger partial charge >= 0.3 is 5.97 Å². The number of fused-ring (bicyclic) bond motifs is 2. The first-order chi connectivity index (χ1) is 16.1. The van der Waals surface area contributed by atoms with Crippen LogP contribution in [0.15, 0.2) is 48.7 Å². The summed E-state index contributed by atoms with van der Waals surface area (Å²) in [6.07, 6.45) is 6.01. The van der Waals surface area contributed by atoms with Gasteiger partial charge in [-0.1, -0.05) is 35.6 Å². The lowest BCUT2D eigenvalue weighted by Gasteiger charge is -2.13. The largest absolute Gasteiger partial charge is 0.478 e. The van der Waals surface area contributed by atoms with Crippen LogP contribution in [-0.4, -0.2) is 44.4 Å². The van der Waals surface area contributed by atoms with Crippen LogP contribution in [0.1, 0.15) is 34.3 Å². The molecule has 0 spiro atoms. The molecule has 0 amide bonds. The van der Waals surface area contributed by atoms with Crippen molar-refractivity contribution in [3.63, 3.8) is 0 Å². The summed E-state index contributed by atoms with van der Waals surface area (Å²) in [5, 5.41) is 14.0. The highest BCUT2D eigenvalue weighted by Gasteiger charge is 2.24. The first-order valence-corrected chi connectivity index (χ1v) is 12.1. The van der Waals surface area contributed by atoms with E-state index in [0.29, 0.717) is 12.6 Å². The number of aromatic nitrogens is 3. The Bertz CT molecular complexity index is 1310. The summed E-state index contributed by atoms with van der Waals surface area (Å²) in [6, 6.07) is 14.0. The Hall–Kier alpha value is -3.23. The zero-order valence-corrected chi connectivity index (χ0v) is 18.8.